The van der Waals surface area contributed by atoms with Crippen molar-refractivity contribution in [3.8, 4) is 0 Å². The van der Waals surface area contributed by atoms with E-state index in [1.54, 1.807) is 0 Å². The number of hydrogen-bond donors (Lipinski definition) is 1. The molecular weight excluding hydrogens is 198 g/mol. The number of piperidine rings is 1. The summed E-state index contributed by atoms with van der Waals surface area (Å²) in [5.74, 6) is 0. The summed E-state index contributed by atoms with van der Waals surface area (Å²) in [7, 11) is 2.19. The molecule has 3 heteroatoms. The molecule has 1 fully saturated rings. The van der Waals surface area contributed by atoms with E-state index in [4.69, 9.17) is 5.73 Å². The third-order valence-corrected chi connectivity index (χ3v) is 4.39. The zero-order valence-corrected chi connectivity index (χ0v) is 9.82. The van der Waals surface area contributed by atoms with E-state index >= 15 is 0 Å². The van der Waals surface area contributed by atoms with Crippen LogP contribution in [-0.4, -0.2) is 36.1 Å². The van der Waals surface area contributed by atoms with Crippen LogP contribution in [0, 0.1) is 0 Å². The van der Waals surface area contributed by atoms with E-state index < -0.39 is 0 Å². The number of likely N-dealkylation sites (tertiary alicyclic amines) is 1. The van der Waals surface area contributed by atoms with Crippen molar-refractivity contribution < 1.29 is 0 Å². The number of aromatic nitrogens is 1. The fraction of sp³-hybridized carbons (Fsp3) is 0.615. The maximum absolute atomic E-state index is 6.38. The minimum absolute atomic E-state index is 0.170. The van der Waals surface area contributed by atoms with Crippen LogP contribution in [0.25, 0.3) is 0 Å². The summed E-state index contributed by atoms with van der Waals surface area (Å²) in [6.07, 6.45) is 5.24. The molecule has 86 valence electrons. The van der Waals surface area contributed by atoms with E-state index in [2.05, 4.69) is 23.0 Å². The van der Waals surface area contributed by atoms with Gasteiger partial charge in [0, 0.05) is 17.7 Å². The van der Waals surface area contributed by atoms with Gasteiger partial charge in [0.1, 0.15) is 0 Å². The molecule has 2 N–H and O–H groups in total. The van der Waals surface area contributed by atoms with Crippen LogP contribution in [0.4, 0.5) is 0 Å². The molecular formula is C13H19N3. The topological polar surface area (TPSA) is 42.2 Å². The maximum atomic E-state index is 6.38. The Morgan fingerprint density at radius 1 is 1.44 bits per heavy atom. The van der Waals surface area contributed by atoms with E-state index in [1.165, 1.54) is 11.3 Å². The lowest BCUT2D eigenvalue weighted by atomic mass is 9.73. The van der Waals surface area contributed by atoms with E-state index in [0.29, 0.717) is 0 Å². The first kappa shape index (κ1) is 10.2. The number of nitrogens with zero attached hydrogens (tertiary/aromatic N) is 2. The first-order valence-corrected chi connectivity index (χ1v) is 6.11. The minimum atomic E-state index is 0.170. The van der Waals surface area contributed by atoms with Crippen LogP contribution in [0.1, 0.15) is 24.1 Å². The molecule has 1 aromatic heterocycles. The van der Waals surface area contributed by atoms with E-state index in [9.17, 15) is 0 Å². The number of hydrogen-bond acceptors (Lipinski definition) is 3. The lowest BCUT2D eigenvalue weighted by Gasteiger charge is -2.40. The molecule has 1 aliphatic heterocycles. The van der Waals surface area contributed by atoms with Crippen molar-refractivity contribution in [1.82, 2.24) is 9.88 Å². The number of nitrogens with two attached hydrogens (primary N) is 1. The second-order valence-electron chi connectivity index (χ2n) is 5.28. The molecule has 1 aliphatic carbocycles. The molecule has 3 nitrogen and oxygen atoms in total. The first-order chi connectivity index (χ1) is 7.72. The van der Waals surface area contributed by atoms with Gasteiger partial charge in [-0.3, -0.25) is 4.98 Å². The van der Waals surface area contributed by atoms with E-state index in [1.807, 2.05) is 12.3 Å². The van der Waals surface area contributed by atoms with Gasteiger partial charge in [-0.15, -0.1) is 0 Å². The van der Waals surface area contributed by atoms with Gasteiger partial charge < -0.3 is 10.6 Å². The Morgan fingerprint density at radius 2 is 2.19 bits per heavy atom. The van der Waals surface area contributed by atoms with Crippen molar-refractivity contribution >= 4 is 0 Å². The molecule has 0 radical (unpaired) electrons. The quantitative estimate of drug-likeness (QED) is 0.703. The van der Waals surface area contributed by atoms with Crippen LogP contribution < -0.4 is 5.73 Å². The molecule has 1 spiro atoms. The summed E-state index contributed by atoms with van der Waals surface area (Å²) in [5.41, 5.74) is 9.21. The van der Waals surface area contributed by atoms with Gasteiger partial charge in [0.2, 0.25) is 0 Å². The summed E-state index contributed by atoms with van der Waals surface area (Å²) in [6, 6.07) is 4.49. The van der Waals surface area contributed by atoms with Crippen molar-refractivity contribution in [3.63, 3.8) is 0 Å². The molecule has 0 unspecified atom stereocenters. The number of fused-ring (bicyclic) bond motifs is 2. The molecule has 1 aromatic rings. The standard InChI is InChI=1S/C13H19N3/c1-16-7-4-13(5-8-16)11(14)9-10-3-2-6-15-12(10)13/h2-3,6,11H,4-5,7-9,14H2,1H3/t11-/m1/s1. The average molecular weight is 217 g/mol. The second kappa shape index (κ2) is 3.54. The zero-order valence-electron chi connectivity index (χ0n) is 9.82. The molecule has 2 aliphatic rings. The highest BCUT2D eigenvalue weighted by atomic mass is 15.1. The van der Waals surface area contributed by atoms with Crippen LogP contribution in [0.3, 0.4) is 0 Å². The molecule has 16 heavy (non-hydrogen) atoms. The Labute approximate surface area is 96.7 Å². The van der Waals surface area contributed by atoms with Crippen LogP contribution in [0.5, 0.6) is 0 Å². The molecule has 2 heterocycles. The highest BCUT2D eigenvalue weighted by Gasteiger charge is 2.47. The maximum Gasteiger partial charge on any atom is 0.0514 e. The smallest absolute Gasteiger partial charge is 0.0514 e. The Bertz CT molecular complexity index is 394. The highest BCUT2D eigenvalue weighted by molar-refractivity contribution is 5.37. The van der Waals surface area contributed by atoms with Gasteiger partial charge in [-0.05, 0) is 51.0 Å². The van der Waals surface area contributed by atoms with Crippen molar-refractivity contribution in [2.45, 2.75) is 30.7 Å². The molecule has 0 saturated carbocycles. The Balaban J connectivity index is 2.01. The van der Waals surface area contributed by atoms with Gasteiger partial charge >= 0.3 is 0 Å². The van der Waals surface area contributed by atoms with Gasteiger partial charge in [0.05, 0.1) is 5.69 Å². The summed E-state index contributed by atoms with van der Waals surface area (Å²) in [4.78, 5) is 7.00. The lowest BCUT2D eigenvalue weighted by Crippen LogP contribution is -2.50. The predicted octanol–water partition coefficient (Wildman–Crippen LogP) is 0.928. The van der Waals surface area contributed by atoms with Crippen molar-refractivity contribution in [3.05, 3.63) is 29.6 Å². The van der Waals surface area contributed by atoms with Gasteiger partial charge in [-0.2, -0.15) is 0 Å². The second-order valence-corrected chi connectivity index (χ2v) is 5.28. The van der Waals surface area contributed by atoms with Crippen molar-refractivity contribution in [2.75, 3.05) is 20.1 Å². The third-order valence-electron chi connectivity index (χ3n) is 4.39. The first-order valence-electron chi connectivity index (χ1n) is 6.11. The Hall–Kier alpha value is -0.930. The van der Waals surface area contributed by atoms with Crippen molar-refractivity contribution in [1.29, 1.82) is 0 Å². The van der Waals surface area contributed by atoms with Gasteiger partial charge in [-0.1, -0.05) is 6.07 Å². The van der Waals surface area contributed by atoms with Crippen LogP contribution >= 0.6 is 0 Å². The zero-order chi connectivity index (χ0) is 11.2. The monoisotopic (exact) mass is 217 g/mol. The third kappa shape index (κ3) is 1.31. The van der Waals surface area contributed by atoms with Crippen molar-refractivity contribution in [2.24, 2.45) is 5.73 Å². The normalized spacial score (nSPS) is 28.2. The van der Waals surface area contributed by atoms with E-state index in [0.717, 1.165) is 32.4 Å². The van der Waals surface area contributed by atoms with Crippen LogP contribution in [0.15, 0.2) is 18.3 Å². The molecule has 3 rings (SSSR count). The van der Waals surface area contributed by atoms with Gasteiger partial charge in [0.15, 0.2) is 0 Å². The highest BCUT2D eigenvalue weighted by Crippen LogP contribution is 2.43. The molecule has 0 bridgehead atoms. The fourth-order valence-corrected chi connectivity index (χ4v) is 3.28. The van der Waals surface area contributed by atoms with Crippen LogP contribution in [-0.2, 0) is 11.8 Å². The SMILES string of the molecule is CN1CCC2(CC1)c1ncccc1C[C@H]2N. The summed E-state index contributed by atoms with van der Waals surface area (Å²) in [5, 5.41) is 0. The largest absolute Gasteiger partial charge is 0.327 e. The molecule has 1 atom stereocenters. The lowest BCUT2D eigenvalue weighted by molar-refractivity contribution is 0.169. The minimum Gasteiger partial charge on any atom is -0.327 e. The molecule has 1 saturated heterocycles. The van der Waals surface area contributed by atoms with Gasteiger partial charge in [-0.25, -0.2) is 0 Å². The van der Waals surface area contributed by atoms with E-state index in [-0.39, 0.29) is 11.5 Å². The number of rotatable bonds is 0. The number of pyridine rings is 1. The average Bonchev–Trinajstić information content (AvgIpc) is 2.57. The molecule has 0 amide bonds. The van der Waals surface area contributed by atoms with Gasteiger partial charge in [0.25, 0.3) is 0 Å². The summed E-state index contributed by atoms with van der Waals surface area (Å²) < 4.78 is 0. The molecule has 0 aromatic carbocycles. The predicted molar refractivity (Wildman–Crippen MR) is 64.3 cm³/mol. The Morgan fingerprint density at radius 3 is 2.94 bits per heavy atom. The summed E-state index contributed by atoms with van der Waals surface area (Å²) >= 11 is 0. The fourth-order valence-electron chi connectivity index (χ4n) is 3.28. The van der Waals surface area contributed by atoms with Crippen LogP contribution in [0.2, 0.25) is 0 Å². The Kier molecular flexibility index (Phi) is 2.26. The summed E-state index contributed by atoms with van der Waals surface area (Å²) in [6.45, 7) is 2.29.